The van der Waals surface area contributed by atoms with E-state index < -0.39 is 5.54 Å². The Bertz CT molecular complexity index is 664. The SMILES string of the molecule is CN1c2ccccc2N(Cc2ccccc2)C(=O)C1(C)C. The smallest absolute Gasteiger partial charge is 0.252 e. The molecule has 0 saturated heterocycles. The Kier molecular flexibility index (Phi) is 3.20. The summed E-state index contributed by atoms with van der Waals surface area (Å²) in [5, 5.41) is 0. The lowest BCUT2D eigenvalue weighted by Gasteiger charge is -2.46. The molecule has 3 nitrogen and oxygen atoms in total. The zero-order chi connectivity index (χ0) is 15.0. The van der Waals surface area contributed by atoms with Crippen molar-refractivity contribution in [1.29, 1.82) is 0 Å². The van der Waals surface area contributed by atoms with Gasteiger partial charge >= 0.3 is 0 Å². The molecule has 1 amide bonds. The zero-order valence-corrected chi connectivity index (χ0v) is 12.7. The molecule has 0 atom stereocenters. The second-order valence-corrected chi connectivity index (χ2v) is 5.98. The average Bonchev–Trinajstić information content (AvgIpc) is 2.51. The van der Waals surface area contributed by atoms with Gasteiger partial charge in [-0.15, -0.1) is 0 Å². The van der Waals surface area contributed by atoms with Crippen LogP contribution in [-0.4, -0.2) is 18.5 Å². The summed E-state index contributed by atoms with van der Waals surface area (Å²) >= 11 is 0. The number of nitrogens with zero attached hydrogens (tertiary/aromatic N) is 2. The number of hydrogen-bond donors (Lipinski definition) is 0. The third kappa shape index (κ3) is 2.19. The number of rotatable bonds is 2. The van der Waals surface area contributed by atoms with Gasteiger partial charge in [-0.25, -0.2) is 0 Å². The van der Waals surface area contributed by atoms with E-state index in [2.05, 4.69) is 23.1 Å². The van der Waals surface area contributed by atoms with Crippen LogP contribution in [0.15, 0.2) is 54.6 Å². The highest BCUT2D eigenvalue weighted by atomic mass is 16.2. The van der Waals surface area contributed by atoms with Crippen LogP contribution >= 0.6 is 0 Å². The molecule has 3 rings (SSSR count). The number of amides is 1. The van der Waals surface area contributed by atoms with Gasteiger partial charge in [0.25, 0.3) is 5.91 Å². The summed E-state index contributed by atoms with van der Waals surface area (Å²) in [7, 11) is 1.98. The lowest BCUT2D eigenvalue weighted by atomic mass is 9.95. The fourth-order valence-corrected chi connectivity index (χ4v) is 2.78. The van der Waals surface area contributed by atoms with Crippen LogP contribution in [0.4, 0.5) is 11.4 Å². The maximum absolute atomic E-state index is 12.9. The Morgan fingerprint density at radius 2 is 1.48 bits per heavy atom. The molecule has 0 N–H and O–H groups in total. The van der Waals surface area contributed by atoms with E-state index in [1.165, 1.54) is 0 Å². The van der Waals surface area contributed by atoms with Gasteiger partial charge in [0.05, 0.1) is 17.9 Å². The molecule has 3 heteroatoms. The predicted molar refractivity (Wildman–Crippen MR) is 86.6 cm³/mol. The van der Waals surface area contributed by atoms with Gasteiger partial charge in [-0.3, -0.25) is 4.79 Å². The summed E-state index contributed by atoms with van der Waals surface area (Å²) in [5.41, 5.74) is 2.68. The van der Waals surface area contributed by atoms with Crippen molar-refractivity contribution in [2.45, 2.75) is 25.9 Å². The van der Waals surface area contributed by atoms with Crippen LogP contribution in [0.25, 0.3) is 0 Å². The largest absolute Gasteiger partial charge is 0.359 e. The Balaban J connectivity index is 2.06. The van der Waals surface area contributed by atoms with Gasteiger partial charge in [-0.1, -0.05) is 42.5 Å². The van der Waals surface area contributed by atoms with Crippen molar-refractivity contribution in [3.05, 3.63) is 60.2 Å². The van der Waals surface area contributed by atoms with Crippen molar-refractivity contribution in [2.24, 2.45) is 0 Å². The highest BCUT2D eigenvalue weighted by Crippen LogP contribution is 2.39. The minimum Gasteiger partial charge on any atom is -0.359 e. The molecule has 2 aromatic rings. The summed E-state index contributed by atoms with van der Waals surface area (Å²) < 4.78 is 0. The molecular weight excluding hydrogens is 260 g/mol. The number of benzene rings is 2. The molecule has 0 aromatic heterocycles. The minimum absolute atomic E-state index is 0.132. The topological polar surface area (TPSA) is 23.6 Å². The first-order valence-corrected chi connectivity index (χ1v) is 7.20. The number of anilines is 2. The molecule has 108 valence electrons. The van der Waals surface area contributed by atoms with Gasteiger partial charge in [0.15, 0.2) is 0 Å². The minimum atomic E-state index is -0.539. The summed E-state index contributed by atoms with van der Waals surface area (Å²) in [6, 6.07) is 18.2. The molecule has 0 saturated carbocycles. The fourth-order valence-electron chi connectivity index (χ4n) is 2.78. The first-order valence-electron chi connectivity index (χ1n) is 7.20. The molecule has 0 fully saturated rings. The Morgan fingerprint density at radius 1 is 0.905 bits per heavy atom. The standard InChI is InChI=1S/C18H20N2O/c1-18(2)17(21)20(13-14-9-5-4-6-10-14)16-12-8-7-11-15(16)19(18)3/h4-12H,13H2,1-3H3. The molecule has 1 heterocycles. The zero-order valence-electron chi connectivity index (χ0n) is 12.7. The first kappa shape index (κ1) is 13.7. The first-order chi connectivity index (χ1) is 10.0. The number of likely N-dealkylation sites (N-methyl/N-ethyl adjacent to an activating group) is 1. The maximum atomic E-state index is 12.9. The van der Waals surface area contributed by atoms with Gasteiger partial charge < -0.3 is 9.80 Å². The van der Waals surface area contributed by atoms with Gasteiger partial charge in [0, 0.05) is 7.05 Å². The second-order valence-electron chi connectivity index (χ2n) is 5.98. The van der Waals surface area contributed by atoms with E-state index in [9.17, 15) is 4.79 Å². The van der Waals surface area contributed by atoms with Crippen LogP contribution in [0.1, 0.15) is 19.4 Å². The van der Waals surface area contributed by atoms with Crippen LogP contribution in [-0.2, 0) is 11.3 Å². The predicted octanol–water partition coefficient (Wildman–Crippen LogP) is 3.45. The molecule has 2 aromatic carbocycles. The van der Waals surface area contributed by atoms with Gasteiger partial charge in [0.2, 0.25) is 0 Å². The normalized spacial score (nSPS) is 16.8. The average molecular weight is 280 g/mol. The fraction of sp³-hybridized carbons (Fsp3) is 0.278. The van der Waals surface area contributed by atoms with Crippen molar-refractivity contribution >= 4 is 17.3 Å². The van der Waals surface area contributed by atoms with E-state index in [1.54, 1.807) is 0 Å². The summed E-state index contributed by atoms with van der Waals surface area (Å²) in [6.45, 7) is 4.56. The molecule has 0 unspecified atom stereocenters. The van der Waals surface area contributed by atoms with E-state index in [0.717, 1.165) is 16.9 Å². The van der Waals surface area contributed by atoms with Crippen molar-refractivity contribution < 1.29 is 4.79 Å². The van der Waals surface area contributed by atoms with Crippen LogP contribution in [0.5, 0.6) is 0 Å². The quantitative estimate of drug-likeness (QED) is 0.841. The lowest BCUT2D eigenvalue weighted by molar-refractivity contribution is -0.123. The molecule has 0 radical (unpaired) electrons. The van der Waals surface area contributed by atoms with E-state index in [-0.39, 0.29) is 5.91 Å². The lowest BCUT2D eigenvalue weighted by Crippen LogP contribution is -2.58. The van der Waals surface area contributed by atoms with E-state index in [0.29, 0.717) is 6.54 Å². The monoisotopic (exact) mass is 280 g/mol. The van der Waals surface area contributed by atoms with Crippen molar-refractivity contribution in [3.8, 4) is 0 Å². The molecule has 0 aliphatic carbocycles. The summed E-state index contributed by atoms with van der Waals surface area (Å²) in [4.78, 5) is 16.9. The van der Waals surface area contributed by atoms with E-state index in [1.807, 2.05) is 62.2 Å². The van der Waals surface area contributed by atoms with Crippen molar-refractivity contribution in [2.75, 3.05) is 16.8 Å². The number of fused-ring (bicyclic) bond motifs is 1. The van der Waals surface area contributed by atoms with Gasteiger partial charge in [0.1, 0.15) is 5.54 Å². The molecule has 1 aliphatic heterocycles. The molecule has 1 aliphatic rings. The number of hydrogen-bond acceptors (Lipinski definition) is 2. The highest BCUT2D eigenvalue weighted by Gasteiger charge is 2.42. The van der Waals surface area contributed by atoms with Crippen molar-refractivity contribution in [3.63, 3.8) is 0 Å². The summed E-state index contributed by atoms with van der Waals surface area (Å²) in [6.07, 6.45) is 0. The maximum Gasteiger partial charge on any atom is 0.252 e. The van der Waals surface area contributed by atoms with Crippen LogP contribution in [0, 0.1) is 0 Å². The third-order valence-electron chi connectivity index (χ3n) is 4.32. The van der Waals surface area contributed by atoms with E-state index in [4.69, 9.17) is 0 Å². The molecular formula is C18H20N2O. The van der Waals surface area contributed by atoms with Gasteiger partial charge in [-0.2, -0.15) is 0 Å². The van der Waals surface area contributed by atoms with Crippen molar-refractivity contribution in [1.82, 2.24) is 0 Å². The Labute approximate surface area is 125 Å². The second kappa shape index (κ2) is 4.92. The Hall–Kier alpha value is -2.29. The van der Waals surface area contributed by atoms with E-state index >= 15 is 0 Å². The van der Waals surface area contributed by atoms with Gasteiger partial charge in [-0.05, 0) is 31.5 Å². The molecule has 0 spiro atoms. The van der Waals surface area contributed by atoms with Crippen LogP contribution in [0.2, 0.25) is 0 Å². The Morgan fingerprint density at radius 3 is 2.14 bits per heavy atom. The molecule has 21 heavy (non-hydrogen) atoms. The number of carbonyl (C=O) groups is 1. The number of carbonyl (C=O) groups excluding carboxylic acids is 1. The number of para-hydroxylation sites is 2. The third-order valence-corrected chi connectivity index (χ3v) is 4.32. The van der Waals surface area contributed by atoms with Crippen LogP contribution in [0.3, 0.4) is 0 Å². The molecule has 0 bridgehead atoms. The summed E-state index contributed by atoms with van der Waals surface area (Å²) in [5.74, 6) is 0.132. The van der Waals surface area contributed by atoms with Crippen LogP contribution < -0.4 is 9.80 Å². The highest BCUT2D eigenvalue weighted by molar-refractivity contribution is 6.07.